The predicted molar refractivity (Wildman–Crippen MR) is 81.5 cm³/mol. The summed E-state index contributed by atoms with van der Waals surface area (Å²) < 4.78 is 9.57. The minimum Gasteiger partial charge on any atom is -0.504 e. The second-order valence-corrected chi connectivity index (χ2v) is 4.56. The number of carbonyl (C=O) groups is 1. The maximum absolute atomic E-state index is 12.0. The zero-order valence-corrected chi connectivity index (χ0v) is 12.1. The van der Waals surface area contributed by atoms with E-state index in [1.807, 2.05) is 0 Å². The average Bonchev–Trinajstić information content (AvgIpc) is 3.04. The second-order valence-electron chi connectivity index (χ2n) is 4.56. The Morgan fingerprint density at radius 2 is 2.13 bits per heavy atom. The lowest BCUT2D eigenvalue weighted by Gasteiger charge is -2.05. The van der Waals surface area contributed by atoms with Crippen LogP contribution >= 0.6 is 0 Å². The number of nitrogens with zero attached hydrogens (tertiary/aromatic N) is 3. The number of aromatic hydroxyl groups is 1. The van der Waals surface area contributed by atoms with Crippen molar-refractivity contribution < 1.29 is 19.3 Å². The Kier molecular flexibility index (Phi) is 3.88. The molecule has 3 aromatic rings. The van der Waals surface area contributed by atoms with Gasteiger partial charge in [0.05, 0.1) is 13.3 Å². The number of hydrazone groups is 1. The first-order valence-corrected chi connectivity index (χ1v) is 6.60. The summed E-state index contributed by atoms with van der Waals surface area (Å²) in [5.41, 5.74) is 4.19. The molecule has 0 atom stereocenters. The molecule has 0 unspecified atom stereocenters. The lowest BCUT2D eigenvalue weighted by atomic mass is 10.2. The van der Waals surface area contributed by atoms with E-state index in [-0.39, 0.29) is 5.75 Å². The number of aromatic nitrogens is 2. The summed E-state index contributed by atoms with van der Waals surface area (Å²) >= 11 is 0. The van der Waals surface area contributed by atoms with Gasteiger partial charge in [-0.2, -0.15) is 5.10 Å². The van der Waals surface area contributed by atoms with Gasteiger partial charge in [0.1, 0.15) is 11.0 Å². The van der Waals surface area contributed by atoms with Crippen LogP contribution in [0.2, 0.25) is 0 Å². The summed E-state index contributed by atoms with van der Waals surface area (Å²) in [5, 5.41) is 21.1. The molecule has 3 rings (SSSR count). The topological polar surface area (TPSA) is 110 Å². The maximum atomic E-state index is 12.0. The number of hydrogen-bond acceptors (Lipinski definition) is 7. The Morgan fingerprint density at radius 1 is 1.30 bits per heavy atom. The molecule has 2 N–H and O–H groups in total. The fourth-order valence-electron chi connectivity index (χ4n) is 1.96. The number of methoxy groups -OCH3 is 1. The molecular formula is C15H12N4O4. The molecule has 0 aliphatic rings. The van der Waals surface area contributed by atoms with E-state index >= 15 is 0 Å². The van der Waals surface area contributed by atoms with E-state index in [4.69, 9.17) is 4.74 Å². The molecule has 0 aliphatic carbocycles. The molecule has 0 radical (unpaired) electrons. The zero-order chi connectivity index (χ0) is 16.2. The number of phenolic OH excluding ortho intramolecular Hbond substituents is 1. The summed E-state index contributed by atoms with van der Waals surface area (Å²) in [5.74, 6) is -0.152. The minimum atomic E-state index is -0.423. The molecular weight excluding hydrogens is 300 g/mol. The van der Waals surface area contributed by atoms with Crippen molar-refractivity contribution in [1.29, 1.82) is 0 Å². The van der Waals surface area contributed by atoms with Crippen molar-refractivity contribution in [2.75, 3.05) is 7.11 Å². The van der Waals surface area contributed by atoms with Gasteiger partial charge in [-0.05, 0) is 40.6 Å². The first kappa shape index (κ1) is 14.5. The number of fused-ring (bicyclic) bond motifs is 1. The Balaban J connectivity index is 1.73. The molecule has 2 aromatic carbocycles. The van der Waals surface area contributed by atoms with Crippen molar-refractivity contribution in [3.8, 4) is 11.5 Å². The summed E-state index contributed by atoms with van der Waals surface area (Å²) in [6, 6.07) is 9.71. The average molecular weight is 312 g/mol. The van der Waals surface area contributed by atoms with Crippen molar-refractivity contribution in [2.24, 2.45) is 5.10 Å². The SMILES string of the molecule is COc1cccc(C=NNC(=O)c2ccc3nonc3c2)c1O. The molecule has 116 valence electrons. The highest BCUT2D eigenvalue weighted by Gasteiger charge is 2.08. The van der Waals surface area contributed by atoms with Crippen LogP contribution in [0, 0.1) is 0 Å². The van der Waals surface area contributed by atoms with E-state index in [1.54, 1.807) is 36.4 Å². The highest BCUT2D eigenvalue weighted by Crippen LogP contribution is 2.27. The van der Waals surface area contributed by atoms with E-state index in [0.29, 0.717) is 27.9 Å². The lowest BCUT2D eigenvalue weighted by molar-refractivity contribution is 0.0955. The van der Waals surface area contributed by atoms with Gasteiger partial charge in [0.25, 0.3) is 5.91 Å². The van der Waals surface area contributed by atoms with Crippen LogP contribution in [-0.4, -0.2) is 34.7 Å². The van der Waals surface area contributed by atoms with Crippen LogP contribution in [0.1, 0.15) is 15.9 Å². The van der Waals surface area contributed by atoms with Crippen LogP contribution < -0.4 is 10.2 Å². The number of hydrogen-bond donors (Lipinski definition) is 2. The number of amides is 1. The molecule has 0 aliphatic heterocycles. The monoisotopic (exact) mass is 312 g/mol. The number of benzene rings is 2. The van der Waals surface area contributed by atoms with Crippen LogP contribution in [0.3, 0.4) is 0 Å². The summed E-state index contributed by atoms with van der Waals surface area (Å²) in [6.45, 7) is 0. The molecule has 0 fully saturated rings. The van der Waals surface area contributed by atoms with Crippen molar-refractivity contribution in [3.05, 3.63) is 47.5 Å². The first-order chi connectivity index (χ1) is 11.2. The molecule has 0 bridgehead atoms. The number of rotatable bonds is 4. The fraction of sp³-hybridized carbons (Fsp3) is 0.0667. The van der Waals surface area contributed by atoms with Crippen LogP contribution in [0.25, 0.3) is 11.0 Å². The van der Waals surface area contributed by atoms with E-state index < -0.39 is 5.91 Å². The standard InChI is InChI=1S/C15H12N4O4/c1-22-13-4-2-3-10(14(13)20)8-16-17-15(21)9-5-6-11-12(7-9)19-23-18-11/h2-8,20H,1H3,(H,17,21). The van der Waals surface area contributed by atoms with Gasteiger partial charge in [-0.3, -0.25) is 4.79 Å². The molecule has 0 spiro atoms. The smallest absolute Gasteiger partial charge is 0.271 e. The molecule has 0 saturated carbocycles. The fourth-order valence-corrected chi connectivity index (χ4v) is 1.96. The van der Waals surface area contributed by atoms with Gasteiger partial charge < -0.3 is 9.84 Å². The van der Waals surface area contributed by atoms with Gasteiger partial charge in [0, 0.05) is 11.1 Å². The van der Waals surface area contributed by atoms with Crippen molar-refractivity contribution in [3.63, 3.8) is 0 Å². The van der Waals surface area contributed by atoms with E-state index in [0.717, 1.165) is 0 Å². The zero-order valence-electron chi connectivity index (χ0n) is 12.1. The molecule has 8 nitrogen and oxygen atoms in total. The number of para-hydroxylation sites is 1. The van der Waals surface area contributed by atoms with E-state index in [1.165, 1.54) is 13.3 Å². The predicted octanol–water partition coefficient (Wildman–Crippen LogP) is 1.70. The molecule has 8 heteroatoms. The quantitative estimate of drug-likeness (QED) is 0.560. The summed E-state index contributed by atoms with van der Waals surface area (Å²) in [7, 11) is 1.45. The maximum Gasteiger partial charge on any atom is 0.271 e. The molecule has 23 heavy (non-hydrogen) atoms. The van der Waals surface area contributed by atoms with Crippen LogP contribution in [0.5, 0.6) is 11.5 Å². The van der Waals surface area contributed by atoms with Gasteiger partial charge in [-0.1, -0.05) is 6.07 Å². The second kappa shape index (κ2) is 6.14. The van der Waals surface area contributed by atoms with Gasteiger partial charge in [-0.15, -0.1) is 0 Å². The Bertz CT molecular complexity index is 888. The first-order valence-electron chi connectivity index (χ1n) is 6.60. The highest BCUT2D eigenvalue weighted by molar-refractivity contribution is 5.97. The third-order valence-corrected chi connectivity index (χ3v) is 3.14. The largest absolute Gasteiger partial charge is 0.504 e. The third-order valence-electron chi connectivity index (χ3n) is 3.14. The number of nitrogens with one attached hydrogen (secondary N) is 1. The van der Waals surface area contributed by atoms with Crippen LogP contribution in [0.4, 0.5) is 0 Å². The Morgan fingerprint density at radius 3 is 2.96 bits per heavy atom. The number of phenols is 1. The molecule has 1 amide bonds. The molecule has 1 aromatic heterocycles. The van der Waals surface area contributed by atoms with Crippen molar-refractivity contribution in [2.45, 2.75) is 0 Å². The normalized spacial score (nSPS) is 11.0. The summed E-state index contributed by atoms with van der Waals surface area (Å²) in [6.07, 6.45) is 1.33. The van der Waals surface area contributed by atoms with E-state index in [9.17, 15) is 9.90 Å². The van der Waals surface area contributed by atoms with Crippen molar-refractivity contribution in [1.82, 2.24) is 15.7 Å². The van der Waals surface area contributed by atoms with Gasteiger partial charge in [-0.25, -0.2) is 10.1 Å². The van der Waals surface area contributed by atoms with Gasteiger partial charge >= 0.3 is 0 Å². The van der Waals surface area contributed by atoms with Crippen LogP contribution in [0.15, 0.2) is 46.1 Å². The van der Waals surface area contributed by atoms with Crippen molar-refractivity contribution >= 4 is 23.2 Å². The van der Waals surface area contributed by atoms with Gasteiger partial charge in [0.2, 0.25) is 0 Å². The lowest BCUT2D eigenvalue weighted by Crippen LogP contribution is -2.17. The Hall–Kier alpha value is -3.42. The number of ether oxygens (including phenoxy) is 1. The number of carbonyl (C=O) groups excluding carboxylic acids is 1. The molecule has 0 saturated heterocycles. The highest BCUT2D eigenvalue weighted by atomic mass is 16.6. The van der Waals surface area contributed by atoms with Crippen LogP contribution in [-0.2, 0) is 0 Å². The van der Waals surface area contributed by atoms with E-state index in [2.05, 4.69) is 25.5 Å². The van der Waals surface area contributed by atoms with Gasteiger partial charge in [0.15, 0.2) is 11.5 Å². The molecule has 1 heterocycles. The Labute approximate surface area is 130 Å². The minimum absolute atomic E-state index is 0.0527. The summed E-state index contributed by atoms with van der Waals surface area (Å²) in [4.78, 5) is 12.0. The third kappa shape index (κ3) is 2.95.